The van der Waals surface area contributed by atoms with E-state index in [0.29, 0.717) is 0 Å². The zero-order valence-electron chi connectivity index (χ0n) is 24.0. The number of benzene rings is 7. The monoisotopic (exact) mass is 547 g/mol. The van der Waals surface area contributed by atoms with E-state index in [1.165, 1.54) is 71.3 Å². The van der Waals surface area contributed by atoms with Crippen LogP contribution >= 0.6 is 0 Å². The summed E-state index contributed by atoms with van der Waals surface area (Å²) in [4.78, 5) is 4.61. The first-order valence-corrected chi connectivity index (χ1v) is 14.8. The molecule has 8 aromatic rings. The highest BCUT2D eigenvalue weighted by molar-refractivity contribution is 6.21. The minimum Gasteiger partial charge on any atom is -0.256 e. The van der Waals surface area contributed by atoms with Crippen LogP contribution in [0.25, 0.3) is 77.0 Å². The van der Waals surface area contributed by atoms with E-state index in [0.717, 1.165) is 11.3 Å². The average molecular weight is 548 g/mol. The minimum atomic E-state index is 1.00. The maximum absolute atomic E-state index is 4.61. The molecule has 0 unspecified atom stereocenters. The third kappa shape index (κ3) is 4.47. The molecule has 0 aliphatic carbocycles. The Bertz CT molecular complexity index is 2240. The summed E-state index contributed by atoms with van der Waals surface area (Å²) in [5, 5.41) is 7.56. The number of nitrogens with zero attached hydrogens (tertiary/aromatic N) is 1. The lowest BCUT2D eigenvalue weighted by molar-refractivity contribution is 1.29. The molecule has 8 rings (SSSR count). The van der Waals surface area contributed by atoms with Crippen molar-refractivity contribution < 1.29 is 0 Å². The van der Waals surface area contributed by atoms with Gasteiger partial charge in [0.25, 0.3) is 0 Å². The third-order valence-corrected chi connectivity index (χ3v) is 8.53. The van der Waals surface area contributed by atoms with E-state index < -0.39 is 0 Å². The van der Waals surface area contributed by atoms with Crippen molar-refractivity contribution in [1.82, 2.24) is 4.98 Å². The molecule has 7 aromatic carbocycles. The minimum absolute atomic E-state index is 1.00. The fourth-order valence-corrected chi connectivity index (χ4v) is 6.49. The molecular formula is C42H29N. The Hall–Kier alpha value is -5.53. The molecular weight excluding hydrogens is 518 g/mol. The van der Waals surface area contributed by atoms with Crippen molar-refractivity contribution in [3.8, 4) is 44.6 Å². The standard InChI is InChI=1S/C42H29N/c1-28-22-23-43-40(24-28)33-13-9-12-31(25-33)32-20-18-29-19-21-34(27-35(29)26-32)42-38-16-7-5-14-36(38)41(30-10-3-2-4-11-30)37-15-6-8-17-39(37)42/h2-27H,1H3. The Balaban J connectivity index is 1.31. The Labute approximate surface area is 251 Å². The van der Waals surface area contributed by atoms with E-state index in [-0.39, 0.29) is 0 Å². The lowest BCUT2D eigenvalue weighted by Gasteiger charge is -2.18. The van der Waals surface area contributed by atoms with Gasteiger partial charge < -0.3 is 0 Å². The largest absolute Gasteiger partial charge is 0.256 e. The Kier molecular flexibility index (Phi) is 6.09. The van der Waals surface area contributed by atoms with Crippen LogP contribution in [0, 0.1) is 6.92 Å². The highest BCUT2D eigenvalue weighted by Crippen LogP contribution is 2.44. The Morgan fingerprint density at radius 2 is 0.907 bits per heavy atom. The van der Waals surface area contributed by atoms with E-state index in [2.05, 4.69) is 158 Å². The molecule has 1 heterocycles. The second kappa shape index (κ2) is 10.4. The van der Waals surface area contributed by atoms with Crippen LogP contribution < -0.4 is 0 Å². The second-order valence-electron chi connectivity index (χ2n) is 11.3. The van der Waals surface area contributed by atoms with Crippen molar-refractivity contribution in [1.29, 1.82) is 0 Å². The van der Waals surface area contributed by atoms with Gasteiger partial charge in [0.2, 0.25) is 0 Å². The molecule has 1 heteroatoms. The van der Waals surface area contributed by atoms with Gasteiger partial charge in [-0.25, -0.2) is 0 Å². The molecule has 43 heavy (non-hydrogen) atoms. The number of fused-ring (bicyclic) bond motifs is 3. The molecule has 0 atom stereocenters. The van der Waals surface area contributed by atoms with Gasteiger partial charge in [-0.3, -0.25) is 4.98 Å². The Morgan fingerprint density at radius 3 is 1.58 bits per heavy atom. The normalized spacial score (nSPS) is 11.4. The Morgan fingerprint density at radius 1 is 0.372 bits per heavy atom. The molecule has 1 nitrogen and oxygen atoms in total. The number of rotatable bonds is 4. The number of aryl methyl sites for hydroxylation is 1. The van der Waals surface area contributed by atoms with Gasteiger partial charge in [0.1, 0.15) is 0 Å². The number of pyridine rings is 1. The molecule has 202 valence electrons. The van der Waals surface area contributed by atoms with Gasteiger partial charge >= 0.3 is 0 Å². The van der Waals surface area contributed by atoms with Crippen molar-refractivity contribution in [2.75, 3.05) is 0 Å². The molecule has 1 aromatic heterocycles. The van der Waals surface area contributed by atoms with Crippen LogP contribution in [0.1, 0.15) is 5.56 Å². The molecule has 0 aliphatic heterocycles. The van der Waals surface area contributed by atoms with Crippen molar-refractivity contribution in [2.45, 2.75) is 6.92 Å². The number of hydrogen-bond acceptors (Lipinski definition) is 1. The van der Waals surface area contributed by atoms with Crippen LogP contribution in [0.2, 0.25) is 0 Å². The van der Waals surface area contributed by atoms with Gasteiger partial charge in [0.05, 0.1) is 5.69 Å². The first kappa shape index (κ1) is 25.2. The number of aromatic nitrogens is 1. The van der Waals surface area contributed by atoms with E-state index >= 15 is 0 Å². The molecule has 0 spiro atoms. The maximum Gasteiger partial charge on any atom is 0.0704 e. The van der Waals surface area contributed by atoms with Crippen LogP contribution in [-0.2, 0) is 0 Å². The van der Waals surface area contributed by atoms with E-state index in [1.807, 2.05) is 12.3 Å². The van der Waals surface area contributed by atoms with E-state index in [9.17, 15) is 0 Å². The van der Waals surface area contributed by atoms with Gasteiger partial charge in [-0.1, -0.05) is 121 Å². The molecule has 0 bridgehead atoms. The zero-order valence-corrected chi connectivity index (χ0v) is 24.0. The highest BCUT2D eigenvalue weighted by Gasteiger charge is 2.16. The predicted molar refractivity (Wildman–Crippen MR) is 183 cm³/mol. The lowest BCUT2D eigenvalue weighted by atomic mass is 9.85. The lowest BCUT2D eigenvalue weighted by Crippen LogP contribution is -1.91. The summed E-state index contributed by atoms with van der Waals surface area (Å²) in [5.41, 5.74) is 10.8. The summed E-state index contributed by atoms with van der Waals surface area (Å²) in [7, 11) is 0. The first-order chi connectivity index (χ1) is 21.2. The average Bonchev–Trinajstić information content (AvgIpc) is 3.07. The molecule has 0 N–H and O–H groups in total. The number of hydrogen-bond donors (Lipinski definition) is 0. The van der Waals surface area contributed by atoms with Crippen LogP contribution in [0.15, 0.2) is 158 Å². The second-order valence-corrected chi connectivity index (χ2v) is 11.3. The summed E-state index contributed by atoms with van der Waals surface area (Å²) in [6.07, 6.45) is 1.88. The van der Waals surface area contributed by atoms with Crippen LogP contribution in [0.4, 0.5) is 0 Å². The van der Waals surface area contributed by atoms with Crippen molar-refractivity contribution in [3.05, 3.63) is 163 Å². The van der Waals surface area contributed by atoms with Gasteiger partial charge in [0.15, 0.2) is 0 Å². The summed E-state index contributed by atoms with van der Waals surface area (Å²) in [6, 6.07) is 55.0. The molecule has 0 radical (unpaired) electrons. The van der Waals surface area contributed by atoms with Crippen LogP contribution in [0.3, 0.4) is 0 Å². The quantitative estimate of drug-likeness (QED) is 0.200. The van der Waals surface area contributed by atoms with Crippen molar-refractivity contribution in [2.24, 2.45) is 0 Å². The van der Waals surface area contributed by atoms with Crippen LogP contribution in [0.5, 0.6) is 0 Å². The molecule has 0 amide bonds. The first-order valence-electron chi connectivity index (χ1n) is 14.8. The van der Waals surface area contributed by atoms with Gasteiger partial charge in [0, 0.05) is 11.8 Å². The smallest absolute Gasteiger partial charge is 0.0704 e. The highest BCUT2D eigenvalue weighted by atomic mass is 14.7. The molecule has 0 saturated heterocycles. The van der Waals surface area contributed by atoms with Crippen molar-refractivity contribution in [3.63, 3.8) is 0 Å². The molecule has 0 aliphatic rings. The predicted octanol–water partition coefficient (Wildman–Crippen LogP) is 11.5. The topological polar surface area (TPSA) is 12.9 Å². The fraction of sp³-hybridized carbons (Fsp3) is 0.0238. The van der Waals surface area contributed by atoms with E-state index in [1.54, 1.807) is 0 Å². The van der Waals surface area contributed by atoms with Gasteiger partial charge in [-0.05, 0) is 109 Å². The zero-order chi connectivity index (χ0) is 28.8. The maximum atomic E-state index is 4.61. The summed E-state index contributed by atoms with van der Waals surface area (Å²) >= 11 is 0. The molecule has 0 saturated carbocycles. The van der Waals surface area contributed by atoms with Crippen molar-refractivity contribution >= 4 is 32.3 Å². The third-order valence-electron chi connectivity index (χ3n) is 8.53. The SMILES string of the molecule is Cc1ccnc(-c2cccc(-c3ccc4ccc(-c5c6ccccc6c(-c6ccccc6)c6ccccc56)cc4c3)c2)c1. The molecule has 0 fully saturated rings. The summed E-state index contributed by atoms with van der Waals surface area (Å²) < 4.78 is 0. The summed E-state index contributed by atoms with van der Waals surface area (Å²) in [6.45, 7) is 2.11. The van der Waals surface area contributed by atoms with Gasteiger partial charge in [-0.2, -0.15) is 0 Å². The van der Waals surface area contributed by atoms with Crippen LogP contribution in [-0.4, -0.2) is 4.98 Å². The van der Waals surface area contributed by atoms with E-state index in [4.69, 9.17) is 0 Å². The summed E-state index contributed by atoms with van der Waals surface area (Å²) in [5.74, 6) is 0. The fourth-order valence-electron chi connectivity index (χ4n) is 6.49. The van der Waals surface area contributed by atoms with Gasteiger partial charge in [-0.15, -0.1) is 0 Å².